The molecule has 0 saturated carbocycles. The van der Waals surface area contributed by atoms with E-state index < -0.39 is 0 Å². The number of halogens is 1. The molecule has 1 aliphatic heterocycles. The molecule has 4 heteroatoms. The lowest BCUT2D eigenvalue weighted by Crippen LogP contribution is -2.46. The van der Waals surface area contributed by atoms with Gasteiger partial charge < -0.3 is 10.6 Å². The molecule has 1 saturated heterocycles. The summed E-state index contributed by atoms with van der Waals surface area (Å²) in [4.78, 5) is 13.6. The fourth-order valence-corrected chi connectivity index (χ4v) is 2.27. The van der Waals surface area contributed by atoms with Gasteiger partial charge in [0.2, 0.25) is 5.91 Å². The maximum atomic E-state index is 11.6. The van der Waals surface area contributed by atoms with Crippen molar-refractivity contribution in [1.29, 1.82) is 0 Å². The summed E-state index contributed by atoms with van der Waals surface area (Å²) in [6.45, 7) is 5.55. The molecule has 0 radical (unpaired) electrons. The molecule has 0 aliphatic carbocycles. The van der Waals surface area contributed by atoms with E-state index in [2.05, 4.69) is 13.8 Å². The summed E-state index contributed by atoms with van der Waals surface area (Å²) in [5.74, 6) is 0.852. The predicted molar refractivity (Wildman–Crippen MR) is 69.7 cm³/mol. The molecule has 0 aromatic heterocycles. The van der Waals surface area contributed by atoms with Gasteiger partial charge in [0.1, 0.15) is 0 Å². The van der Waals surface area contributed by atoms with Crippen molar-refractivity contribution in [3.05, 3.63) is 0 Å². The van der Waals surface area contributed by atoms with Crippen LogP contribution in [-0.4, -0.2) is 29.9 Å². The van der Waals surface area contributed by atoms with Crippen LogP contribution in [0.3, 0.4) is 0 Å². The lowest BCUT2D eigenvalue weighted by atomic mass is 9.95. The van der Waals surface area contributed by atoms with E-state index in [9.17, 15) is 4.79 Å². The zero-order chi connectivity index (χ0) is 11.3. The van der Waals surface area contributed by atoms with Gasteiger partial charge in [-0.05, 0) is 38.0 Å². The molecule has 3 nitrogen and oxygen atoms in total. The van der Waals surface area contributed by atoms with Crippen LogP contribution in [0.4, 0.5) is 0 Å². The highest BCUT2D eigenvalue weighted by Gasteiger charge is 2.25. The summed E-state index contributed by atoms with van der Waals surface area (Å²) in [5, 5.41) is 0. The third kappa shape index (κ3) is 4.71. The maximum Gasteiger partial charge on any atom is 0.236 e. The van der Waals surface area contributed by atoms with E-state index in [1.54, 1.807) is 0 Å². The van der Waals surface area contributed by atoms with Crippen molar-refractivity contribution < 1.29 is 4.79 Å². The molecule has 1 amide bonds. The van der Waals surface area contributed by atoms with Gasteiger partial charge in [-0.2, -0.15) is 0 Å². The molecule has 0 aromatic carbocycles. The molecule has 1 aliphatic rings. The molecule has 0 bridgehead atoms. The molecule has 0 aromatic rings. The van der Waals surface area contributed by atoms with Gasteiger partial charge in [-0.1, -0.05) is 13.8 Å². The van der Waals surface area contributed by atoms with Gasteiger partial charge in [0, 0.05) is 12.6 Å². The lowest BCUT2D eigenvalue weighted by Gasteiger charge is -2.36. The summed E-state index contributed by atoms with van der Waals surface area (Å²) in [5.41, 5.74) is 5.43. The van der Waals surface area contributed by atoms with Crippen LogP contribution < -0.4 is 5.73 Å². The van der Waals surface area contributed by atoms with Crippen molar-refractivity contribution in [1.82, 2.24) is 4.90 Å². The van der Waals surface area contributed by atoms with E-state index in [0.717, 1.165) is 25.3 Å². The van der Waals surface area contributed by atoms with E-state index in [-0.39, 0.29) is 24.9 Å². The Morgan fingerprint density at radius 2 is 2.12 bits per heavy atom. The number of carbonyl (C=O) groups is 1. The zero-order valence-electron chi connectivity index (χ0n) is 10.4. The maximum absolute atomic E-state index is 11.6. The van der Waals surface area contributed by atoms with E-state index in [1.807, 2.05) is 4.90 Å². The predicted octanol–water partition coefficient (Wildman–Crippen LogP) is 2.18. The third-order valence-electron chi connectivity index (χ3n) is 3.20. The first-order valence-corrected chi connectivity index (χ1v) is 6.14. The van der Waals surface area contributed by atoms with Crippen molar-refractivity contribution in [2.75, 3.05) is 13.1 Å². The van der Waals surface area contributed by atoms with Crippen molar-refractivity contribution in [3.63, 3.8) is 0 Å². The van der Waals surface area contributed by atoms with Gasteiger partial charge in [0.25, 0.3) is 0 Å². The standard InChI is InChI=1S/C12H24N2O.ClH/c1-10(2)6-7-11-5-3-4-8-14(11)12(15)9-13;/h10-11H,3-9,13H2,1-2H3;1H. The largest absolute Gasteiger partial charge is 0.339 e. The van der Waals surface area contributed by atoms with E-state index in [0.29, 0.717) is 6.04 Å². The molecule has 1 atom stereocenters. The summed E-state index contributed by atoms with van der Waals surface area (Å²) >= 11 is 0. The Morgan fingerprint density at radius 3 is 2.69 bits per heavy atom. The fourth-order valence-electron chi connectivity index (χ4n) is 2.27. The van der Waals surface area contributed by atoms with Crippen LogP contribution in [0.25, 0.3) is 0 Å². The number of likely N-dealkylation sites (tertiary alicyclic amines) is 1. The van der Waals surface area contributed by atoms with E-state index in [4.69, 9.17) is 5.73 Å². The number of hydrogen-bond donors (Lipinski definition) is 1. The summed E-state index contributed by atoms with van der Waals surface area (Å²) in [7, 11) is 0. The molecule has 2 N–H and O–H groups in total. The minimum Gasteiger partial charge on any atom is -0.339 e. The Hall–Kier alpha value is -0.280. The van der Waals surface area contributed by atoms with E-state index >= 15 is 0 Å². The number of rotatable bonds is 4. The SMILES string of the molecule is CC(C)CCC1CCCCN1C(=O)CN.Cl. The van der Waals surface area contributed by atoms with Gasteiger partial charge in [-0.15, -0.1) is 12.4 Å². The summed E-state index contributed by atoms with van der Waals surface area (Å²) in [6.07, 6.45) is 5.92. The minimum atomic E-state index is 0. The first-order chi connectivity index (χ1) is 7.15. The average molecular weight is 249 g/mol. The second-order valence-corrected chi connectivity index (χ2v) is 4.91. The topological polar surface area (TPSA) is 46.3 Å². The Morgan fingerprint density at radius 1 is 1.44 bits per heavy atom. The van der Waals surface area contributed by atoms with Crippen LogP contribution >= 0.6 is 12.4 Å². The Labute approximate surface area is 105 Å². The van der Waals surface area contributed by atoms with Gasteiger partial charge in [0.15, 0.2) is 0 Å². The van der Waals surface area contributed by atoms with Crippen molar-refractivity contribution in [2.24, 2.45) is 11.7 Å². The number of piperidine rings is 1. The first kappa shape index (κ1) is 15.7. The second-order valence-electron chi connectivity index (χ2n) is 4.91. The van der Waals surface area contributed by atoms with E-state index in [1.165, 1.54) is 19.3 Å². The van der Waals surface area contributed by atoms with Crippen molar-refractivity contribution in [3.8, 4) is 0 Å². The Bertz CT molecular complexity index is 209. The van der Waals surface area contributed by atoms with Crippen molar-refractivity contribution >= 4 is 18.3 Å². The normalized spacial score (nSPS) is 20.8. The van der Waals surface area contributed by atoms with Gasteiger partial charge in [0.05, 0.1) is 6.54 Å². The highest BCUT2D eigenvalue weighted by atomic mass is 35.5. The van der Waals surface area contributed by atoms with Crippen LogP contribution in [0.5, 0.6) is 0 Å². The number of nitrogens with zero attached hydrogens (tertiary/aromatic N) is 1. The quantitative estimate of drug-likeness (QED) is 0.829. The molecule has 1 unspecified atom stereocenters. The summed E-state index contributed by atoms with van der Waals surface area (Å²) in [6, 6.07) is 0.456. The van der Waals surface area contributed by atoms with Gasteiger partial charge >= 0.3 is 0 Å². The molecule has 0 spiro atoms. The molecule has 1 heterocycles. The second kappa shape index (κ2) is 7.91. The summed E-state index contributed by atoms with van der Waals surface area (Å²) < 4.78 is 0. The molecular weight excluding hydrogens is 224 g/mol. The van der Waals surface area contributed by atoms with Gasteiger partial charge in [-0.3, -0.25) is 4.79 Å². The van der Waals surface area contributed by atoms with Crippen LogP contribution in [0, 0.1) is 5.92 Å². The molecular formula is C12H25ClN2O. The zero-order valence-corrected chi connectivity index (χ0v) is 11.3. The molecule has 1 rings (SSSR count). The fraction of sp³-hybridized carbons (Fsp3) is 0.917. The number of carbonyl (C=O) groups excluding carboxylic acids is 1. The van der Waals surface area contributed by atoms with Crippen LogP contribution in [0.1, 0.15) is 46.0 Å². The molecule has 1 fully saturated rings. The Balaban J connectivity index is 0.00000225. The number of hydrogen-bond acceptors (Lipinski definition) is 2. The van der Waals surface area contributed by atoms with Crippen LogP contribution in [-0.2, 0) is 4.79 Å². The Kier molecular flexibility index (Phi) is 7.77. The van der Waals surface area contributed by atoms with Crippen LogP contribution in [0.15, 0.2) is 0 Å². The number of amides is 1. The number of nitrogens with two attached hydrogens (primary N) is 1. The van der Waals surface area contributed by atoms with Crippen molar-refractivity contribution in [2.45, 2.75) is 52.0 Å². The smallest absolute Gasteiger partial charge is 0.236 e. The first-order valence-electron chi connectivity index (χ1n) is 6.14. The molecule has 16 heavy (non-hydrogen) atoms. The third-order valence-corrected chi connectivity index (χ3v) is 3.20. The van der Waals surface area contributed by atoms with Crippen LogP contribution in [0.2, 0.25) is 0 Å². The van der Waals surface area contributed by atoms with Gasteiger partial charge in [-0.25, -0.2) is 0 Å². The molecule has 96 valence electrons. The average Bonchev–Trinajstić information content (AvgIpc) is 2.25. The monoisotopic (exact) mass is 248 g/mol. The minimum absolute atomic E-state index is 0. The highest BCUT2D eigenvalue weighted by Crippen LogP contribution is 2.22. The lowest BCUT2D eigenvalue weighted by molar-refractivity contribution is -0.133. The highest BCUT2D eigenvalue weighted by molar-refractivity contribution is 5.85.